The number of fused-ring (bicyclic) bond motifs is 1. The molecule has 0 atom stereocenters. The molecule has 0 aliphatic heterocycles. The number of nitrogens with zero attached hydrogens (tertiary/aromatic N) is 1. The van der Waals surface area contributed by atoms with E-state index in [0.717, 1.165) is 30.5 Å². The van der Waals surface area contributed by atoms with Gasteiger partial charge in [0.1, 0.15) is 0 Å². The van der Waals surface area contributed by atoms with Gasteiger partial charge in [0.15, 0.2) is 0 Å². The van der Waals surface area contributed by atoms with Crippen LogP contribution in [0.2, 0.25) is 0 Å². The minimum Gasteiger partial charge on any atom is -0.268 e. The van der Waals surface area contributed by atoms with E-state index >= 15 is 0 Å². The zero-order valence-corrected chi connectivity index (χ0v) is 11.2. The lowest BCUT2D eigenvalue weighted by atomic mass is 9.90. The summed E-state index contributed by atoms with van der Waals surface area (Å²) in [4.78, 5) is 0. The molecule has 5 heteroatoms. The molecule has 0 fully saturated rings. The first-order chi connectivity index (χ1) is 8.62. The Bertz CT molecular complexity index is 549. The van der Waals surface area contributed by atoms with E-state index in [1.54, 1.807) is 6.92 Å². The SMILES string of the molecule is CCCS(=O)(=O)O/N=C1\CCCc2ccccc21. The molecule has 0 N–H and O–H groups in total. The van der Waals surface area contributed by atoms with Gasteiger partial charge in [0.05, 0.1) is 11.5 Å². The van der Waals surface area contributed by atoms with Crippen molar-refractivity contribution in [3.63, 3.8) is 0 Å². The van der Waals surface area contributed by atoms with Crippen LogP contribution in [0.4, 0.5) is 0 Å². The van der Waals surface area contributed by atoms with Crippen LogP contribution in [0.1, 0.15) is 37.3 Å². The fourth-order valence-corrected chi connectivity index (χ4v) is 2.86. The van der Waals surface area contributed by atoms with E-state index in [9.17, 15) is 8.42 Å². The van der Waals surface area contributed by atoms with Gasteiger partial charge in [-0.05, 0) is 31.2 Å². The minimum atomic E-state index is -3.52. The van der Waals surface area contributed by atoms with E-state index in [2.05, 4.69) is 5.16 Å². The largest absolute Gasteiger partial charge is 0.328 e. The van der Waals surface area contributed by atoms with Crippen molar-refractivity contribution in [2.45, 2.75) is 32.6 Å². The van der Waals surface area contributed by atoms with Gasteiger partial charge in [-0.2, -0.15) is 8.42 Å². The lowest BCUT2D eigenvalue weighted by molar-refractivity contribution is 0.337. The standard InChI is InChI=1S/C13H17NO3S/c1-2-10-18(15,16)17-14-13-9-5-7-11-6-3-4-8-12(11)13/h3-4,6,8H,2,5,7,9-10H2,1H3/b14-13+. The molecule has 0 radical (unpaired) electrons. The van der Waals surface area contributed by atoms with Crippen LogP contribution in [0.15, 0.2) is 29.4 Å². The molecular weight excluding hydrogens is 250 g/mol. The Hall–Kier alpha value is -1.36. The van der Waals surface area contributed by atoms with E-state index in [1.807, 2.05) is 24.3 Å². The monoisotopic (exact) mass is 267 g/mol. The zero-order valence-electron chi connectivity index (χ0n) is 10.4. The average molecular weight is 267 g/mol. The van der Waals surface area contributed by atoms with Crippen molar-refractivity contribution >= 4 is 15.8 Å². The van der Waals surface area contributed by atoms with Crippen LogP contribution >= 0.6 is 0 Å². The molecule has 1 aromatic rings. The van der Waals surface area contributed by atoms with Gasteiger partial charge in [0.25, 0.3) is 0 Å². The predicted octanol–water partition coefficient (Wildman–Crippen LogP) is 2.48. The Balaban J connectivity index is 2.20. The third-order valence-corrected chi connectivity index (χ3v) is 4.11. The maximum atomic E-state index is 11.5. The molecule has 0 saturated heterocycles. The van der Waals surface area contributed by atoms with Crippen LogP contribution in [-0.2, 0) is 20.8 Å². The molecule has 0 bridgehead atoms. The van der Waals surface area contributed by atoms with Crippen LogP contribution in [0.5, 0.6) is 0 Å². The quantitative estimate of drug-likeness (QED) is 0.787. The van der Waals surface area contributed by atoms with Crippen LogP contribution in [0, 0.1) is 0 Å². The molecule has 1 aliphatic carbocycles. The molecule has 98 valence electrons. The maximum Gasteiger partial charge on any atom is 0.328 e. The summed E-state index contributed by atoms with van der Waals surface area (Å²) in [5.41, 5.74) is 2.95. The molecule has 18 heavy (non-hydrogen) atoms. The maximum absolute atomic E-state index is 11.5. The Morgan fingerprint density at radius 1 is 1.28 bits per heavy atom. The second-order valence-corrected chi connectivity index (χ2v) is 6.06. The van der Waals surface area contributed by atoms with Crippen molar-refractivity contribution in [2.75, 3.05) is 5.75 Å². The van der Waals surface area contributed by atoms with Crippen molar-refractivity contribution in [3.05, 3.63) is 35.4 Å². The molecule has 1 aliphatic rings. The van der Waals surface area contributed by atoms with Crippen LogP contribution in [0.25, 0.3) is 0 Å². The second kappa shape index (κ2) is 5.52. The third-order valence-electron chi connectivity index (χ3n) is 2.90. The van der Waals surface area contributed by atoms with E-state index in [4.69, 9.17) is 4.28 Å². The topological polar surface area (TPSA) is 55.7 Å². The smallest absolute Gasteiger partial charge is 0.268 e. The summed E-state index contributed by atoms with van der Waals surface area (Å²) in [6.07, 6.45) is 3.28. The minimum absolute atomic E-state index is 0.00538. The summed E-state index contributed by atoms with van der Waals surface area (Å²) in [6.45, 7) is 1.80. The molecule has 0 spiro atoms. The van der Waals surface area contributed by atoms with Crippen molar-refractivity contribution in [1.82, 2.24) is 0 Å². The molecular formula is C13H17NO3S. The van der Waals surface area contributed by atoms with Gasteiger partial charge in [0, 0.05) is 5.56 Å². The number of aryl methyl sites for hydroxylation is 1. The van der Waals surface area contributed by atoms with E-state index < -0.39 is 10.1 Å². The Labute approximate surface area is 108 Å². The third kappa shape index (κ3) is 3.10. The summed E-state index contributed by atoms with van der Waals surface area (Å²) in [6, 6.07) is 7.92. The Kier molecular flexibility index (Phi) is 4.01. The van der Waals surface area contributed by atoms with Crippen LogP contribution < -0.4 is 0 Å². The highest BCUT2D eigenvalue weighted by Gasteiger charge is 2.17. The predicted molar refractivity (Wildman–Crippen MR) is 71.1 cm³/mol. The highest BCUT2D eigenvalue weighted by atomic mass is 32.2. The van der Waals surface area contributed by atoms with Gasteiger partial charge in [-0.1, -0.05) is 36.3 Å². The highest BCUT2D eigenvalue weighted by molar-refractivity contribution is 7.86. The molecule has 0 heterocycles. The number of hydrogen-bond acceptors (Lipinski definition) is 4. The van der Waals surface area contributed by atoms with Crippen molar-refractivity contribution in [2.24, 2.45) is 5.16 Å². The van der Waals surface area contributed by atoms with Gasteiger partial charge in [-0.25, -0.2) is 0 Å². The number of benzene rings is 1. The van der Waals surface area contributed by atoms with Gasteiger partial charge >= 0.3 is 10.1 Å². The summed E-state index contributed by atoms with van der Waals surface area (Å²) < 4.78 is 27.6. The Morgan fingerprint density at radius 3 is 2.83 bits per heavy atom. The lowest BCUT2D eigenvalue weighted by Crippen LogP contribution is -2.14. The van der Waals surface area contributed by atoms with E-state index in [0.29, 0.717) is 6.42 Å². The summed E-state index contributed by atoms with van der Waals surface area (Å²) in [7, 11) is -3.52. The number of oxime groups is 1. The second-order valence-electron chi connectivity index (χ2n) is 4.39. The van der Waals surface area contributed by atoms with Gasteiger partial charge in [0.2, 0.25) is 0 Å². The first-order valence-corrected chi connectivity index (χ1v) is 7.76. The normalized spacial score (nSPS) is 17.5. The van der Waals surface area contributed by atoms with E-state index in [1.165, 1.54) is 5.56 Å². The zero-order chi connectivity index (χ0) is 13.0. The average Bonchev–Trinajstić information content (AvgIpc) is 2.36. The summed E-state index contributed by atoms with van der Waals surface area (Å²) >= 11 is 0. The van der Waals surface area contributed by atoms with Gasteiger partial charge < -0.3 is 0 Å². The molecule has 4 nitrogen and oxygen atoms in total. The lowest BCUT2D eigenvalue weighted by Gasteiger charge is -2.16. The van der Waals surface area contributed by atoms with Crippen LogP contribution in [-0.4, -0.2) is 19.9 Å². The van der Waals surface area contributed by atoms with E-state index in [-0.39, 0.29) is 5.75 Å². The molecule has 1 aromatic carbocycles. The summed E-state index contributed by atoms with van der Waals surface area (Å²) in [5.74, 6) is 0.00538. The molecule has 0 saturated carbocycles. The Morgan fingerprint density at radius 2 is 2.06 bits per heavy atom. The first-order valence-electron chi connectivity index (χ1n) is 6.19. The molecule has 0 amide bonds. The first kappa shape index (κ1) is 13.1. The summed E-state index contributed by atoms with van der Waals surface area (Å²) in [5, 5.41) is 3.84. The molecule has 2 rings (SSSR count). The van der Waals surface area contributed by atoms with Gasteiger partial charge in [-0.15, -0.1) is 0 Å². The van der Waals surface area contributed by atoms with Gasteiger partial charge in [-0.3, -0.25) is 4.28 Å². The number of hydrogen-bond donors (Lipinski definition) is 0. The molecule has 0 aromatic heterocycles. The number of rotatable bonds is 4. The van der Waals surface area contributed by atoms with Crippen molar-refractivity contribution in [3.8, 4) is 0 Å². The fourth-order valence-electron chi connectivity index (χ4n) is 2.08. The fraction of sp³-hybridized carbons (Fsp3) is 0.462. The van der Waals surface area contributed by atoms with Crippen molar-refractivity contribution < 1.29 is 12.7 Å². The van der Waals surface area contributed by atoms with Crippen molar-refractivity contribution in [1.29, 1.82) is 0 Å². The molecule has 0 unspecified atom stereocenters. The van der Waals surface area contributed by atoms with Crippen LogP contribution in [0.3, 0.4) is 0 Å². The highest BCUT2D eigenvalue weighted by Crippen LogP contribution is 2.21.